The molecular formula is C5H6Cl2O2. The Hall–Kier alpha value is -0.210. The van der Waals surface area contributed by atoms with Crippen LogP contribution in [0.25, 0.3) is 0 Å². The number of rotatable bonds is 3. The van der Waals surface area contributed by atoms with Gasteiger partial charge in [0.15, 0.2) is 0 Å². The van der Waals surface area contributed by atoms with Gasteiger partial charge in [-0.05, 0) is 0 Å². The van der Waals surface area contributed by atoms with Crippen molar-refractivity contribution in [2.75, 3.05) is 5.88 Å². The standard InChI is InChI=1S/C5H6Cl2O2/c1-3(5(8)9)4(7)2-6/h4H,1-2H2,(H,8,9). The lowest BCUT2D eigenvalue weighted by Gasteiger charge is -2.01. The molecule has 0 bridgehead atoms. The molecule has 1 unspecified atom stereocenters. The lowest BCUT2D eigenvalue weighted by Crippen LogP contribution is -2.12. The van der Waals surface area contributed by atoms with E-state index >= 15 is 0 Å². The molecule has 0 aliphatic carbocycles. The van der Waals surface area contributed by atoms with Gasteiger partial charge in [0.05, 0.1) is 5.38 Å². The molecule has 0 aromatic carbocycles. The van der Waals surface area contributed by atoms with Crippen molar-refractivity contribution in [2.24, 2.45) is 0 Å². The minimum absolute atomic E-state index is 0.0633. The highest BCUT2D eigenvalue weighted by Crippen LogP contribution is 2.08. The average molecular weight is 169 g/mol. The predicted octanol–water partition coefficient (Wildman–Crippen LogP) is 1.47. The van der Waals surface area contributed by atoms with E-state index < -0.39 is 11.3 Å². The molecule has 4 heteroatoms. The smallest absolute Gasteiger partial charge is 0.332 e. The van der Waals surface area contributed by atoms with E-state index in [0.29, 0.717) is 0 Å². The lowest BCUT2D eigenvalue weighted by molar-refractivity contribution is -0.132. The van der Waals surface area contributed by atoms with Crippen molar-refractivity contribution >= 4 is 29.2 Å². The largest absolute Gasteiger partial charge is 0.478 e. The van der Waals surface area contributed by atoms with Crippen LogP contribution in [-0.2, 0) is 4.79 Å². The molecule has 52 valence electrons. The molecule has 0 rings (SSSR count). The Labute approximate surface area is 63.1 Å². The lowest BCUT2D eigenvalue weighted by atomic mass is 10.2. The number of aliphatic carboxylic acids is 1. The summed E-state index contributed by atoms with van der Waals surface area (Å²) in [5.41, 5.74) is -0.0633. The molecule has 0 saturated heterocycles. The molecule has 0 aromatic heterocycles. The maximum absolute atomic E-state index is 10.1. The molecule has 0 aliphatic rings. The Balaban J connectivity index is 3.88. The molecule has 0 aromatic rings. The molecule has 9 heavy (non-hydrogen) atoms. The Morgan fingerprint density at radius 1 is 1.78 bits per heavy atom. The molecule has 0 aliphatic heterocycles. The molecule has 1 atom stereocenters. The van der Waals surface area contributed by atoms with E-state index in [1.165, 1.54) is 0 Å². The van der Waals surface area contributed by atoms with Gasteiger partial charge in [-0.2, -0.15) is 0 Å². The summed E-state index contributed by atoms with van der Waals surface area (Å²) >= 11 is 10.6. The fraction of sp³-hybridized carbons (Fsp3) is 0.400. The SMILES string of the molecule is C=C(C(=O)O)C(Cl)CCl. The van der Waals surface area contributed by atoms with Crippen LogP contribution in [0.4, 0.5) is 0 Å². The minimum atomic E-state index is -1.10. The van der Waals surface area contributed by atoms with Crippen LogP contribution in [0.1, 0.15) is 0 Å². The number of hydrogen-bond donors (Lipinski definition) is 1. The van der Waals surface area contributed by atoms with Gasteiger partial charge in [-0.3, -0.25) is 0 Å². The van der Waals surface area contributed by atoms with Gasteiger partial charge in [-0.15, -0.1) is 23.2 Å². The molecule has 0 heterocycles. The first kappa shape index (κ1) is 8.79. The second kappa shape index (κ2) is 3.75. The molecule has 0 fully saturated rings. The summed E-state index contributed by atoms with van der Waals surface area (Å²) < 4.78 is 0. The van der Waals surface area contributed by atoms with Gasteiger partial charge in [0.25, 0.3) is 0 Å². The minimum Gasteiger partial charge on any atom is -0.478 e. The predicted molar refractivity (Wildman–Crippen MR) is 37.1 cm³/mol. The van der Waals surface area contributed by atoms with E-state index in [2.05, 4.69) is 6.58 Å². The molecule has 1 N–H and O–H groups in total. The monoisotopic (exact) mass is 168 g/mol. The molecule has 0 amide bonds. The van der Waals surface area contributed by atoms with Crippen molar-refractivity contribution in [3.8, 4) is 0 Å². The molecular weight excluding hydrogens is 163 g/mol. The summed E-state index contributed by atoms with van der Waals surface area (Å²) in [6.45, 7) is 3.21. The maximum Gasteiger partial charge on any atom is 0.332 e. The van der Waals surface area contributed by atoms with Crippen molar-refractivity contribution < 1.29 is 9.90 Å². The number of carboxylic acid groups (broad SMARTS) is 1. The average Bonchev–Trinajstić information content (AvgIpc) is 1.84. The molecule has 0 radical (unpaired) electrons. The van der Waals surface area contributed by atoms with Crippen molar-refractivity contribution in [1.82, 2.24) is 0 Å². The zero-order valence-corrected chi connectivity index (χ0v) is 6.11. The Morgan fingerprint density at radius 2 is 2.22 bits per heavy atom. The Morgan fingerprint density at radius 3 is 2.33 bits per heavy atom. The fourth-order valence-electron chi connectivity index (χ4n) is 0.227. The van der Waals surface area contributed by atoms with E-state index in [4.69, 9.17) is 28.3 Å². The van der Waals surface area contributed by atoms with E-state index in [9.17, 15) is 4.79 Å². The quantitative estimate of drug-likeness (QED) is 0.513. The second-order valence-corrected chi connectivity index (χ2v) is 2.29. The summed E-state index contributed by atoms with van der Waals surface area (Å²) in [6, 6.07) is 0. The Bertz CT molecular complexity index is 133. The highest BCUT2D eigenvalue weighted by Gasteiger charge is 2.13. The van der Waals surface area contributed by atoms with Crippen LogP contribution in [0.2, 0.25) is 0 Å². The summed E-state index contributed by atoms with van der Waals surface area (Å²) in [5.74, 6) is -1.03. The zero-order valence-electron chi connectivity index (χ0n) is 4.60. The van der Waals surface area contributed by atoms with Gasteiger partial charge < -0.3 is 5.11 Å². The molecule has 0 saturated carbocycles. The van der Waals surface area contributed by atoms with Gasteiger partial charge in [0, 0.05) is 11.5 Å². The van der Waals surface area contributed by atoms with Gasteiger partial charge >= 0.3 is 5.97 Å². The van der Waals surface area contributed by atoms with Crippen LogP contribution in [0, 0.1) is 0 Å². The number of alkyl halides is 2. The summed E-state index contributed by atoms with van der Waals surface area (Å²) in [7, 11) is 0. The van der Waals surface area contributed by atoms with Gasteiger partial charge in [-0.1, -0.05) is 6.58 Å². The Kier molecular flexibility index (Phi) is 3.66. The normalized spacial score (nSPS) is 12.7. The van der Waals surface area contributed by atoms with Crippen molar-refractivity contribution in [2.45, 2.75) is 5.38 Å². The summed E-state index contributed by atoms with van der Waals surface area (Å²) in [5, 5.41) is 7.58. The van der Waals surface area contributed by atoms with Gasteiger partial charge in [0.1, 0.15) is 0 Å². The number of carbonyl (C=O) groups is 1. The summed E-state index contributed by atoms with van der Waals surface area (Å²) in [4.78, 5) is 10.1. The van der Waals surface area contributed by atoms with Crippen LogP contribution in [0.5, 0.6) is 0 Å². The van der Waals surface area contributed by atoms with Crippen molar-refractivity contribution in [3.63, 3.8) is 0 Å². The van der Waals surface area contributed by atoms with E-state index in [-0.39, 0.29) is 11.5 Å². The zero-order chi connectivity index (χ0) is 7.44. The highest BCUT2D eigenvalue weighted by atomic mass is 35.5. The topological polar surface area (TPSA) is 37.3 Å². The fourth-order valence-corrected chi connectivity index (χ4v) is 0.507. The van der Waals surface area contributed by atoms with Crippen molar-refractivity contribution in [1.29, 1.82) is 0 Å². The van der Waals surface area contributed by atoms with Crippen LogP contribution in [0.3, 0.4) is 0 Å². The first-order valence-electron chi connectivity index (χ1n) is 2.21. The maximum atomic E-state index is 10.1. The van der Waals surface area contributed by atoms with Gasteiger partial charge in [0.2, 0.25) is 0 Å². The second-order valence-electron chi connectivity index (χ2n) is 1.45. The van der Waals surface area contributed by atoms with E-state index in [1.54, 1.807) is 0 Å². The van der Waals surface area contributed by atoms with Crippen molar-refractivity contribution in [3.05, 3.63) is 12.2 Å². The third-order valence-corrected chi connectivity index (χ3v) is 1.67. The number of hydrogen-bond acceptors (Lipinski definition) is 1. The first-order valence-corrected chi connectivity index (χ1v) is 3.18. The number of carboxylic acids is 1. The third-order valence-electron chi connectivity index (χ3n) is 0.788. The van der Waals surface area contributed by atoms with E-state index in [0.717, 1.165) is 0 Å². The molecule has 2 nitrogen and oxygen atoms in total. The van der Waals surface area contributed by atoms with Gasteiger partial charge in [-0.25, -0.2) is 4.79 Å². The number of halogens is 2. The van der Waals surface area contributed by atoms with Crippen LogP contribution < -0.4 is 0 Å². The molecule has 0 spiro atoms. The summed E-state index contributed by atoms with van der Waals surface area (Å²) in [6.07, 6.45) is 0. The van der Waals surface area contributed by atoms with Crippen LogP contribution in [0.15, 0.2) is 12.2 Å². The van der Waals surface area contributed by atoms with Crippen LogP contribution >= 0.6 is 23.2 Å². The highest BCUT2D eigenvalue weighted by molar-refractivity contribution is 6.31. The van der Waals surface area contributed by atoms with Crippen LogP contribution in [-0.4, -0.2) is 22.3 Å². The van der Waals surface area contributed by atoms with E-state index in [1.807, 2.05) is 0 Å². The third kappa shape index (κ3) is 2.72. The first-order chi connectivity index (χ1) is 4.09.